The summed E-state index contributed by atoms with van der Waals surface area (Å²) >= 11 is 0. The number of hydrogen-bond donors (Lipinski definition) is 3. The van der Waals surface area contributed by atoms with Gasteiger partial charge in [0, 0.05) is 29.7 Å². The number of H-pyrrole nitrogens is 1. The van der Waals surface area contributed by atoms with Crippen LogP contribution in [0.4, 0.5) is 5.69 Å². The Bertz CT molecular complexity index is 1360. The molecular formula is C25H21N3O6. The Labute approximate surface area is 194 Å². The average Bonchev–Trinajstić information content (AvgIpc) is 3.25. The van der Waals surface area contributed by atoms with Crippen molar-refractivity contribution in [1.29, 1.82) is 0 Å². The van der Waals surface area contributed by atoms with E-state index in [1.54, 1.807) is 0 Å². The van der Waals surface area contributed by atoms with Gasteiger partial charge in [0.2, 0.25) is 0 Å². The molecule has 0 aliphatic rings. The van der Waals surface area contributed by atoms with E-state index in [1.807, 2.05) is 54.7 Å². The molecule has 1 amide bonds. The molecule has 3 aromatic carbocycles. The maximum atomic E-state index is 12.6. The smallest absolute Gasteiger partial charge is 0.343 e. The number of nitro groups is 1. The topological polar surface area (TPSA) is 135 Å². The van der Waals surface area contributed by atoms with Crippen molar-refractivity contribution in [3.8, 4) is 5.75 Å². The largest absolute Gasteiger partial charge is 0.489 e. The van der Waals surface area contributed by atoms with Crippen molar-refractivity contribution >= 4 is 28.5 Å². The van der Waals surface area contributed by atoms with Crippen LogP contribution in [-0.4, -0.2) is 33.4 Å². The molecule has 1 aromatic heterocycles. The second kappa shape index (κ2) is 9.86. The van der Waals surface area contributed by atoms with Crippen molar-refractivity contribution in [2.45, 2.75) is 13.0 Å². The molecule has 3 N–H and O–H groups in total. The predicted octanol–water partition coefficient (Wildman–Crippen LogP) is 4.33. The summed E-state index contributed by atoms with van der Waals surface area (Å²) in [5, 5.41) is 24.1. The summed E-state index contributed by atoms with van der Waals surface area (Å²) in [6.45, 7) is 0.653. The molecule has 0 fully saturated rings. The van der Waals surface area contributed by atoms with Gasteiger partial charge in [-0.05, 0) is 41.8 Å². The monoisotopic (exact) mass is 459 g/mol. The Morgan fingerprint density at radius 1 is 1.06 bits per heavy atom. The van der Waals surface area contributed by atoms with Gasteiger partial charge in [-0.1, -0.05) is 36.4 Å². The predicted molar refractivity (Wildman–Crippen MR) is 125 cm³/mol. The highest BCUT2D eigenvalue weighted by atomic mass is 16.6. The molecule has 0 aliphatic carbocycles. The number of carbonyl (C=O) groups is 2. The molecule has 0 aliphatic heterocycles. The fourth-order valence-corrected chi connectivity index (χ4v) is 3.71. The number of aromatic amines is 1. The minimum absolute atomic E-state index is 0.211. The number of carboxylic acid groups (broad SMARTS) is 1. The molecule has 0 saturated heterocycles. The van der Waals surface area contributed by atoms with Crippen molar-refractivity contribution in [1.82, 2.24) is 10.3 Å². The maximum absolute atomic E-state index is 12.6. The fourth-order valence-electron chi connectivity index (χ4n) is 3.71. The molecule has 4 rings (SSSR count). The quantitative estimate of drug-likeness (QED) is 0.252. The zero-order valence-corrected chi connectivity index (χ0v) is 18.0. The Hall–Kier alpha value is -4.66. The van der Waals surface area contributed by atoms with Gasteiger partial charge in [0.05, 0.1) is 10.5 Å². The number of aromatic nitrogens is 1. The number of carboxylic acids is 1. The number of hydrogen-bond acceptors (Lipinski definition) is 5. The zero-order chi connectivity index (χ0) is 24.1. The Morgan fingerprint density at radius 2 is 1.85 bits per heavy atom. The van der Waals surface area contributed by atoms with Gasteiger partial charge in [-0.15, -0.1) is 0 Å². The summed E-state index contributed by atoms with van der Waals surface area (Å²) < 4.78 is 5.90. The van der Waals surface area contributed by atoms with E-state index in [2.05, 4.69) is 10.3 Å². The van der Waals surface area contributed by atoms with E-state index in [4.69, 9.17) is 4.74 Å². The molecular weight excluding hydrogens is 438 g/mol. The standard InChI is InChI=1S/C25H21N3O6/c29-24(19-7-4-8-22(28(32)33)23(19)25(30)31)26-12-11-17-14-27-21-10-9-18(13-20(17)21)34-15-16-5-2-1-3-6-16/h1-10,13-14,27H,11-12,15H2,(H,26,29)(H,30,31). The summed E-state index contributed by atoms with van der Waals surface area (Å²) in [5.41, 5.74) is 1.41. The van der Waals surface area contributed by atoms with Crippen molar-refractivity contribution < 1.29 is 24.4 Å². The SMILES string of the molecule is O=C(NCCc1c[nH]c2ccc(OCc3ccccc3)cc12)c1cccc([N+](=O)[O-])c1C(=O)O. The van der Waals surface area contributed by atoms with Crippen LogP contribution in [-0.2, 0) is 13.0 Å². The minimum atomic E-state index is -1.53. The van der Waals surface area contributed by atoms with E-state index in [0.29, 0.717) is 18.8 Å². The number of nitrogens with zero attached hydrogens (tertiary/aromatic N) is 1. The highest BCUT2D eigenvalue weighted by Gasteiger charge is 2.26. The third-order valence-electron chi connectivity index (χ3n) is 5.36. The first kappa shape index (κ1) is 22.5. The second-order valence-electron chi connectivity index (χ2n) is 7.56. The van der Waals surface area contributed by atoms with Gasteiger partial charge in [0.15, 0.2) is 0 Å². The van der Waals surface area contributed by atoms with Crippen LogP contribution in [0.1, 0.15) is 31.8 Å². The molecule has 1 heterocycles. The lowest BCUT2D eigenvalue weighted by atomic mass is 10.0. The lowest BCUT2D eigenvalue weighted by molar-refractivity contribution is -0.385. The highest BCUT2D eigenvalue weighted by Crippen LogP contribution is 2.25. The number of nitro benzene ring substituents is 1. The van der Waals surface area contributed by atoms with E-state index < -0.39 is 28.1 Å². The summed E-state index contributed by atoms with van der Waals surface area (Å²) in [6, 6.07) is 19.1. The van der Waals surface area contributed by atoms with E-state index in [1.165, 1.54) is 12.1 Å². The summed E-state index contributed by atoms with van der Waals surface area (Å²) in [7, 11) is 0. The molecule has 9 nitrogen and oxygen atoms in total. The van der Waals surface area contributed by atoms with Crippen LogP contribution < -0.4 is 10.1 Å². The Morgan fingerprint density at radius 3 is 2.59 bits per heavy atom. The van der Waals surface area contributed by atoms with Gasteiger partial charge in [0.25, 0.3) is 11.6 Å². The van der Waals surface area contributed by atoms with Crippen molar-refractivity contribution in [3.05, 3.63) is 105 Å². The lowest BCUT2D eigenvalue weighted by Crippen LogP contribution is -2.27. The van der Waals surface area contributed by atoms with Gasteiger partial charge in [-0.2, -0.15) is 0 Å². The maximum Gasteiger partial charge on any atom is 0.343 e. The van der Waals surface area contributed by atoms with Gasteiger partial charge in [-0.25, -0.2) is 4.79 Å². The molecule has 0 radical (unpaired) electrons. The molecule has 0 atom stereocenters. The first-order valence-corrected chi connectivity index (χ1v) is 10.5. The second-order valence-corrected chi connectivity index (χ2v) is 7.56. The molecule has 4 aromatic rings. The number of benzene rings is 3. The molecule has 0 bridgehead atoms. The van der Waals surface area contributed by atoms with Gasteiger partial charge in [-0.3, -0.25) is 14.9 Å². The highest BCUT2D eigenvalue weighted by molar-refractivity contribution is 6.07. The third-order valence-corrected chi connectivity index (χ3v) is 5.36. The van der Waals surface area contributed by atoms with Crippen LogP contribution in [0.25, 0.3) is 10.9 Å². The van der Waals surface area contributed by atoms with Gasteiger partial charge < -0.3 is 20.1 Å². The molecule has 0 saturated carbocycles. The van der Waals surface area contributed by atoms with E-state index in [9.17, 15) is 24.8 Å². The number of fused-ring (bicyclic) bond motifs is 1. The Balaban J connectivity index is 1.44. The average molecular weight is 459 g/mol. The van der Waals surface area contributed by atoms with E-state index in [0.717, 1.165) is 28.1 Å². The fraction of sp³-hybridized carbons (Fsp3) is 0.120. The number of ether oxygens (including phenoxy) is 1. The third kappa shape index (κ3) is 4.88. The number of aromatic carboxylic acids is 1. The lowest BCUT2D eigenvalue weighted by Gasteiger charge is -2.09. The van der Waals surface area contributed by atoms with E-state index in [-0.39, 0.29) is 12.1 Å². The number of rotatable bonds is 9. The van der Waals surface area contributed by atoms with Crippen molar-refractivity contribution in [3.63, 3.8) is 0 Å². The van der Waals surface area contributed by atoms with E-state index >= 15 is 0 Å². The van der Waals surface area contributed by atoms with Crippen LogP contribution in [0.15, 0.2) is 72.9 Å². The normalized spacial score (nSPS) is 10.7. The summed E-state index contributed by atoms with van der Waals surface area (Å²) in [6.07, 6.45) is 2.30. The van der Waals surface area contributed by atoms with Crippen LogP contribution >= 0.6 is 0 Å². The van der Waals surface area contributed by atoms with Crippen molar-refractivity contribution in [2.24, 2.45) is 0 Å². The summed E-state index contributed by atoms with van der Waals surface area (Å²) in [5.74, 6) is -1.51. The van der Waals surface area contributed by atoms with Gasteiger partial charge in [0.1, 0.15) is 17.9 Å². The molecule has 34 heavy (non-hydrogen) atoms. The first-order chi connectivity index (χ1) is 16.4. The number of amides is 1. The molecule has 0 unspecified atom stereocenters. The van der Waals surface area contributed by atoms with Crippen molar-refractivity contribution in [2.75, 3.05) is 6.54 Å². The zero-order valence-electron chi connectivity index (χ0n) is 18.0. The Kier molecular flexibility index (Phi) is 6.54. The van der Waals surface area contributed by atoms with Crippen LogP contribution in [0.2, 0.25) is 0 Å². The van der Waals surface area contributed by atoms with Gasteiger partial charge >= 0.3 is 5.97 Å². The number of carbonyl (C=O) groups excluding carboxylic acids is 1. The van der Waals surface area contributed by atoms with Crippen LogP contribution in [0, 0.1) is 10.1 Å². The first-order valence-electron chi connectivity index (χ1n) is 10.5. The molecule has 172 valence electrons. The molecule has 0 spiro atoms. The minimum Gasteiger partial charge on any atom is -0.489 e. The van der Waals surface area contributed by atoms with Crippen LogP contribution in [0.5, 0.6) is 5.75 Å². The van der Waals surface area contributed by atoms with Crippen LogP contribution in [0.3, 0.4) is 0 Å². The summed E-state index contributed by atoms with van der Waals surface area (Å²) in [4.78, 5) is 37.6. The molecule has 9 heteroatoms. The number of nitrogens with one attached hydrogen (secondary N) is 2.